The second kappa shape index (κ2) is 6.55. The molecule has 3 aromatic rings. The Hall–Kier alpha value is -2.12. The first-order valence-corrected chi connectivity index (χ1v) is 6.80. The average molecular weight is 323 g/mol. The fraction of sp³-hybridized carbons (Fsp3) is 0.154. The van der Waals surface area contributed by atoms with Crippen molar-refractivity contribution in [2.75, 3.05) is 0 Å². The van der Waals surface area contributed by atoms with Crippen molar-refractivity contribution in [3.05, 3.63) is 36.7 Å². The van der Waals surface area contributed by atoms with Gasteiger partial charge in [-0.05, 0) is 12.1 Å². The molecule has 0 aromatic carbocycles. The molecule has 21 heavy (non-hydrogen) atoms. The molecule has 6 nitrogen and oxygen atoms in total. The Morgan fingerprint density at radius 3 is 2.71 bits per heavy atom. The predicted molar refractivity (Wildman–Crippen MR) is 73.1 cm³/mol. The number of rotatable bonds is 4. The smallest absolute Gasteiger partial charge is 0.309 e. The van der Waals surface area contributed by atoms with Crippen LogP contribution in [0.2, 0.25) is 0 Å². The van der Waals surface area contributed by atoms with Crippen LogP contribution in [0, 0.1) is 0 Å². The van der Waals surface area contributed by atoms with Crippen molar-refractivity contribution in [2.24, 2.45) is 0 Å². The number of fused-ring (bicyclic) bond motifs is 1. The van der Waals surface area contributed by atoms with Crippen molar-refractivity contribution in [3.63, 3.8) is 0 Å². The summed E-state index contributed by atoms with van der Waals surface area (Å²) in [5.41, 5.74) is 2.63. The van der Waals surface area contributed by atoms with Crippen molar-refractivity contribution in [1.29, 1.82) is 0 Å². The summed E-state index contributed by atoms with van der Waals surface area (Å²) in [6, 6.07) is 7.64. The minimum absolute atomic E-state index is 0. The first kappa shape index (κ1) is 15.3. The molecule has 0 saturated heterocycles. The maximum Gasteiger partial charge on any atom is 0.309 e. The average Bonchev–Trinajstić information content (AvgIpc) is 2.93. The SMILES string of the molecule is O=C(O)CC[n+]1ccc(-c2ccc3nnsc3n2)cc1.[Cl-]. The van der Waals surface area contributed by atoms with Crippen LogP contribution in [0.3, 0.4) is 0 Å². The molecule has 0 aliphatic carbocycles. The molecule has 108 valence electrons. The van der Waals surface area contributed by atoms with Crippen LogP contribution in [0.15, 0.2) is 36.7 Å². The van der Waals surface area contributed by atoms with Crippen LogP contribution in [0.1, 0.15) is 6.42 Å². The van der Waals surface area contributed by atoms with Gasteiger partial charge in [-0.2, -0.15) is 0 Å². The number of aliphatic carboxylic acids is 1. The van der Waals surface area contributed by atoms with Crippen molar-refractivity contribution in [1.82, 2.24) is 14.6 Å². The summed E-state index contributed by atoms with van der Waals surface area (Å²) in [5, 5.41) is 12.6. The molecular formula is C13H11ClN4O2S. The predicted octanol–water partition coefficient (Wildman–Crippen LogP) is -1.48. The quantitative estimate of drug-likeness (QED) is 0.593. The van der Waals surface area contributed by atoms with Crippen LogP contribution in [-0.4, -0.2) is 25.6 Å². The van der Waals surface area contributed by atoms with Gasteiger partial charge in [0.1, 0.15) is 11.9 Å². The minimum Gasteiger partial charge on any atom is -1.00 e. The lowest BCUT2D eigenvalue weighted by Gasteiger charge is -2.00. The number of hydrogen-bond donors (Lipinski definition) is 1. The molecule has 3 rings (SSSR count). The third-order valence-corrected chi connectivity index (χ3v) is 3.52. The van der Waals surface area contributed by atoms with E-state index in [1.165, 1.54) is 11.5 Å². The highest BCUT2D eigenvalue weighted by atomic mass is 35.5. The summed E-state index contributed by atoms with van der Waals surface area (Å²) in [5.74, 6) is -0.800. The molecule has 0 saturated carbocycles. The molecule has 0 radical (unpaired) electrons. The van der Waals surface area contributed by atoms with E-state index in [1.54, 1.807) is 0 Å². The van der Waals surface area contributed by atoms with Gasteiger partial charge >= 0.3 is 5.97 Å². The molecule has 0 aliphatic heterocycles. The molecule has 0 amide bonds. The number of carbonyl (C=O) groups is 1. The first-order valence-electron chi connectivity index (χ1n) is 6.03. The molecule has 0 unspecified atom stereocenters. The van der Waals surface area contributed by atoms with Gasteiger partial charge in [0.05, 0.1) is 5.69 Å². The molecule has 0 fully saturated rings. The number of aryl methyl sites for hydroxylation is 1. The highest BCUT2D eigenvalue weighted by Crippen LogP contribution is 2.20. The maximum absolute atomic E-state index is 10.5. The van der Waals surface area contributed by atoms with E-state index in [1.807, 2.05) is 41.2 Å². The molecule has 0 spiro atoms. The Labute approximate surface area is 130 Å². The lowest BCUT2D eigenvalue weighted by atomic mass is 10.2. The Morgan fingerprint density at radius 2 is 2.00 bits per heavy atom. The van der Waals surface area contributed by atoms with Crippen LogP contribution < -0.4 is 17.0 Å². The molecule has 8 heteroatoms. The van der Waals surface area contributed by atoms with Crippen LogP contribution in [0.4, 0.5) is 0 Å². The third kappa shape index (κ3) is 3.50. The number of aromatic nitrogens is 4. The zero-order valence-corrected chi connectivity index (χ0v) is 12.4. The fourth-order valence-corrected chi connectivity index (χ4v) is 2.39. The largest absolute Gasteiger partial charge is 1.00 e. The molecule has 3 heterocycles. The van der Waals surface area contributed by atoms with Crippen LogP contribution in [0.5, 0.6) is 0 Å². The Balaban J connectivity index is 0.00000161. The zero-order valence-electron chi connectivity index (χ0n) is 10.8. The number of nitrogens with zero attached hydrogens (tertiary/aromatic N) is 4. The van der Waals surface area contributed by atoms with Gasteiger partial charge in [0, 0.05) is 29.2 Å². The topological polar surface area (TPSA) is 79.9 Å². The van der Waals surface area contributed by atoms with Crippen molar-refractivity contribution in [2.45, 2.75) is 13.0 Å². The van der Waals surface area contributed by atoms with Gasteiger partial charge in [-0.1, -0.05) is 4.49 Å². The van der Waals surface area contributed by atoms with Gasteiger partial charge in [-0.25, -0.2) is 9.55 Å². The lowest BCUT2D eigenvalue weighted by Crippen LogP contribution is -3.00. The van der Waals surface area contributed by atoms with Crippen molar-refractivity contribution >= 4 is 27.8 Å². The zero-order chi connectivity index (χ0) is 13.9. The highest BCUT2D eigenvalue weighted by Gasteiger charge is 2.08. The fourth-order valence-electron chi connectivity index (χ4n) is 1.84. The van der Waals surface area contributed by atoms with Crippen LogP contribution in [0.25, 0.3) is 21.6 Å². The van der Waals surface area contributed by atoms with Crippen LogP contribution >= 0.6 is 11.5 Å². The normalized spacial score (nSPS) is 10.3. The van der Waals surface area contributed by atoms with Gasteiger partial charge in [0.15, 0.2) is 23.8 Å². The number of hydrogen-bond acceptors (Lipinski definition) is 5. The first-order chi connectivity index (χ1) is 9.72. The molecule has 0 bridgehead atoms. The Kier molecular flexibility index (Phi) is 4.77. The molecule has 1 N–H and O–H groups in total. The summed E-state index contributed by atoms with van der Waals surface area (Å²) in [7, 11) is 0. The van der Waals surface area contributed by atoms with E-state index < -0.39 is 5.97 Å². The second-order valence-corrected chi connectivity index (χ2v) is 4.99. The maximum atomic E-state index is 10.5. The monoisotopic (exact) mass is 322 g/mol. The lowest BCUT2D eigenvalue weighted by molar-refractivity contribution is -0.695. The van der Waals surface area contributed by atoms with Gasteiger partial charge in [-0.15, -0.1) is 5.10 Å². The van der Waals surface area contributed by atoms with E-state index in [2.05, 4.69) is 14.6 Å². The van der Waals surface area contributed by atoms with E-state index in [-0.39, 0.29) is 18.8 Å². The van der Waals surface area contributed by atoms with Gasteiger partial charge < -0.3 is 17.5 Å². The summed E-state index contributed by atoms with van der Waals surface area (Å²) in [4.78, 5) is 15.8. The Morgan fingerprint density at radius 1 is 1.24 bits per heavy atom. The van der Waals surface area contributed by atoms with E-state index in [4.69, 9.17) is 5.11 Å². The summed E-state index contributed by atoms with van der Waals surface area (Å²) < 4.78 is 5.70. The summed E-state index contributed by atoms with van der Waals surface area (Å²) in [6.07, 6.45) is 3.82. The van der Waals surface area contributed by atoms with E-state index >= 15 is 0 Å². The second-order valence-electron chi connectivity index (χ2n) is 4.26. The molecular weight excluding hydrogens is 312 g/mol. The van der Waals surface area contributed by atoms with E-state index in [9.17, 15) is 4.79 Å². The molecule has 0 aliphatic rings. The number of carboxylic acid groups (broad SMARTS) is 1. The van der Waals surface area contributed by atoms with Gasteiger partial charge in [0.25, 0.3) is 0 Å². The van der Waals surface area contributed by atoms with Gasteiger partial charge in [0.2, 0.25) is 0 Å². The number of carboxylic acids is 1. The van der Waals surface area contributed by atoms with E-state index in [0.29, 0.717) is 6.54 Å². The van der Waals surface area contributed by atoms with E-state index in [0.717, 1.165) is 21.6 Å². The van der Waals surface area contributed by atoms with Crippen LogP contribution in [-0.2, 0) is 11.3 Å². The summed E-state index contributed by atoms with van der Waals surface area (Å²) in [6.45, 7) is 0.459. The Bertz CT molecular complexity index is 760. The molecule has 3 aromatic heterocycles. The van der Waals surface area contributed by atoms with Gasteiger partial charge in [-0.3, -0.25) is 4.79 Å². The van der Waals surface area contributed by atoms with Crippen molar-refractivity contribution in [3.8, 4) is 11.3 Å². The number of pyridine rings is 2. The number of halogens is 1. The highest BCUT2D eigenvalue weighted by molar-refractivity contribution is 7.12. The van der Waals surface area contributed by atoms with Crippen molar-refractivity contribution < 1.29 is 26.9 Å². The standard InChI is InChI=1S/C13H10N4O2S.ClH/c18-12(19)5-8-17-6-3-9(4-7-17)10-1-2-11-13(14-10)20-16-15-11;/h1-4,6-7H,5,8H2;1H. The molecule has 0 atom stereocenters. The minimum atomic E-state index is -0.800. The third-order valence-electron chi connectivity index (χ3n) is 2.89. The summed E-state index contributed by atoms with van der Waals surface area (Å²) >= 11 is 1.27.